The van der Waals surface area contributed by atoms with Gasteiger partial charge >= 0.3 is 5.97 Å². The van der Waals surface area contributed by atoms with Gasteiger partial charge in [0, 0.05) is 17.4 Å². The van der Waals surface area contributed by atoms with E-state index < -0.39 is 77.2 Å². The fraction of sp³-hybridized carbons (Fsp3) is 0.630. The van der Waals surface area contributed by atoms with Crippen molar-refractivity contribution in [3.8, 4) is 0 Å². The van der Waals surface area contributed by atoms with Gasteiger partial charge in [0.2, 0.25) is 0 Å². The maximum atomic E-state index is 12.1. The first-order valence-corrected chi connectivity index (χ1v) is 12.4. The zero-order valence-corrected chi connectivity index (χ0v) is 20.5. The van der Waals surface area contributed by atoms with Crippen molar-refractivity contribution in [1.29, 1.82) is 0 Å². The molecule has 1 aromatic rings. The predicted octanol–water partition coefficient (Wildman–Crippen LogP) is 0.0791. The van der Waals surface area contributed by atoms with E-state index in [2.05, 4.69) is 6.58 Å². The van der Waals surface area contributed by atoms with Crippen LogP contribution in [0.4, 0.5) is 0 Å². The van der Waals surface area contributed by atoms with E-state index in [4.69, 9.17) is 14.2 Å². The highest BCUT2D eigenvalue weighted by Gasteiger charge is 2.84. The summed E-state index contributed by atoms with van der Waals surface area (Å²) in [5.41, 5.74) is -5.99. The molecule has 9 heteroatoms. The predicted molar refractivity (Wildman–Crippen MR) is 125 cm³/mol. The number of hydrogen-bond acceptors (Lipinski definition) is 9. The van der Waals surface area contributed by atoms with Crippen LogP contribution in [0.2, 0.25) is 0 Å². The van der Waals surface area contributed by atoms with Gasteiger partial charge in [-0.15, -0.1) is 0 Å². The molecule has 196 valence electrons. The van der Waals surface area contributed by atoms with Crippen LogP contribution in [0.1, 0.15) is 32.8 Å². The lowest BCUT2D eigenvalue weighted by Gasteiger charge is -2.60. The molecular formula is C27H34O9. The van der Waals surface area contributed by atoms with Crippen LogP contribution in [-0.2, 0) is 20.2 Å². The summed E-state index contributed by atoms with van der Waals surface area (Å²) >= 11 is 0. The van der Waals surface area contributed by atoms with Crippen LogP contribution < -0.4 is 0 Å². The first-order valence-electron chi connectivity index (χ1n) is 12.4. The van der Waals surface area contributed by atoms with E-state index in [1.54, 1.807) is 32.1 Å². The number of benzene rings is 1. The Morgan fingerprint density at radius 2 is 1.78 bits per heavy atom. The Labute approximate surface area is 209 Å². The molecule has 2 saturated carbocycles. The molecule has 2 heterocycles. The van der Waals surface area contributed by atoms with Crippen molar-refractivity contribution in [2.45, 2.75) is 80.0 Å². The smallest absolute Gasteiger partial charge is 0.313 e. The normalized spacial score (nSPS) is 55.0. The minimum Gasteiger partial charge on any atom is -0.393 e. The highest BCUT2D eigenvalue weighted by Crippen LogP contribution is 2.71. The van der Waals surface area contributed by atoms with Gasteiger partial charge in [-0.05, 0) is 37.3 Å². The number of fused-ring (bicyclic) bond motifs is 2. The molecular weight excluding hydrogens is 468 g/mol. The summed E-state index contributed by atoms with van der Waals surface area (Å²) < 4.78 is 20.1. The standard InChI is InChI=1S/C27H34O9/c1-13(2)24-11-15(4)26-17-10-14(3)19(29)25(17,33)22(31)23(32,12-28)20(30)18(26)21(24)34-27(35-24,36-26)16-8-6-5-7-9-16/h5-10,15,17-22,28-33H,1,11-12H2,2-4H3/t15-,17?,18?,19+,20+,21?,22-,23+,24-,25-,26?,27-/m1/s1. The second kappa shape index (κ2) is 7.25. The summed E-state index contributed by atoms with van der Waals surface area (Å²) in [7, 11) is 0. The number of rotatable bonds is 3. The number of aliphatic hydroxyl groups excluding tert-OH is 4. The van der Waals surface area contributed by atoms with E-state index in [1.807, 2.05) is 25.1 Å². The maximum Gasteiger partial charge on any atom is 0.313 e. The average molecular weight is 503 g/mol. The topological polar surface area (TPSA) is 149 Å². The summed E-state index contributed by atoms with van der Waals surface area (Å²) in [5, 5.41) is 68.3. The van der Waals surface area contributed by atoms with Crippen molar-refractivity contribution in [3.63, 3.8) is 0 Å². The van der Waals surface area contributed by atoms with Gasteiger partial charge in [0.1, 0.15) is 35.1 Å². The van der Waals surface area contributed by atoms with Crippen molar-refractivity contribution in [3.05, 3.63) is 59.7 Å². The van der Waals surface area contributed by atoms with Crippen LogP contribution in [0.3, 0.4) is 0 Å². The second-order valence-electron chi connectivity index (χ2n) is 11.5. The summed E-state index contributed by atoms with van der Waals surface area (Å²) in [6.07, 6.45) is -4.41. The average Bonchev–Trinajstić information content (AvgIpc) is 3.22. The largest absolute Gasteiger partial charge is 0.393 e. The molecule has 9 nitrogen and oxygen atoms in total. The summed E-state index contributed by atoms with van der Waals surface area (Å²) in [6, 6.07) is 9.04. The van der Waals surface area contributed by atoms with Crippen molar-refractivity contribution >= 4 is 0 Å². The highest BCUT2D eigenvalue weighted by atomic mass is 16.9. The molecule has 5 aliphatic rings. The molecule has 3 aliphatic carbocycles. The lowest BCUT2D eigenvalue weighted by atomic mass is 9.53. The molecule has 12 atom stereocenters. The minimum atomic E-state index is -2.60. The summed E-state index contributed by atoms with van der Waals surface area (Å²) in [5.74, 6) is -4.31. The van der Waals surface area contributed by atoms with Crippen molar-refractivity contribution in [1.82, 2.24) is 0 Å². The zero-order valence-electron chi connectivity index (χ0n) is 20.5. The number of aliphatic hydroxyl groups is 6. The van der Waals surface area contributed by atoms with Crippen LogP contribution in [0.25, 0.3) is 0 Å². The van der Waals surface area contributed by atoms with Crippen LogP contribution in [-0.4, -0.2) is 84.1 Å². The van der Waals surface area contributed by atoms with E-state index in [9.17, 15) is 30.6 Å². The van der Waals surface area contributed by atoms with Gasteiger partial charge in [0.05, 0.1) is 18.3 Å². The minimum absolute atomic E-state index is 0.355. The third kappa shape index (κ3) is 2.47. The van der Waals surface area contributed by atoms with E-state index in [0.29, 0.717) is 23.1 Å². The van der Waals surface area contributed by atoms with Gasteiger partial charge in [0.25, 0.3) is 0 Å². The molecule has 6 rings (SSSR count). The van der Waals surface area contributed by atoms with Gasteiger partial charge in [-0.25, -0.2) is 0 Å². The molecule has 0 amide bonds. The molecule has 6 N–H and O–H groups in total. The molecule has 36 heavy (non-hydrogen) atoms. The van der Waals surface area contributed by atoms with Crippen LogP contribution in [0.15, 0.2) is 54.1 Å². The molecule has 4 unspecified atom stereocenters. The molecule has 3 bridgehead atoms. The zero-order chi connectivity index (χ0) is 26.1. The second-order valence-corrected chi connectivity index (χ2v) is 11.5. The first kappa shape index (κ1) is 24.7. The molecule has 2 saturated heterocycles. The lowest BCUT2D eigenvalue weighted by molar-refractivity contribution is -0.443. The van der Waals surface area contributed by atoms with E-state index in [1.165, 1.54) is 0 Å². The van der Waals surface area contributed by atoms with Crippen molar-refractivity contribution < 1.29 is 44.8 Å². The summed E-state index contributed by atoms with van der Waals surface area (Å²) in [4.78, 5) is 0. The fourth-order valence-corrected chi connectivity index (χ4v) is 7.94. The molecule has 2 aliphatic heterocycles. The first-order chi connectivity index (χ1) is 16.8. The van der Waals surface area contributed by atoms with Gasteiger partial charge in [0.15, 0.2) is 0 Å². The molecule has 0 radical (unpaired) electrons. The van der Waals surface area contributed by atoms with Crippen LogP contribution in [0, 0.1) is 17.8 Å². The Hall–Kier alpha value is -1.66. The van der Waals surface area contributed by atoms with Crippen molar-refractivity contribution in [2.24, 2.45) is 17.8 Å². The Morgan fingerprint density at radius 3 is 2.39 bits per heavy atom. The maximum absolute atomic E-state index is 12.1. The molecule has 0 aromatic heterocycles. The quantitative estimate of drug-likeness (QED) is 0.316. The third-order valence-corrected chi connectivity index (χ3v) is 9.75. The Balaban J connectivity index is 1.68. The van der Waals surface area contributed by atoms with E-state index in [0.717, 1.165) is 0 Å². The van der Waals surface area contributed by atoms with Gasteiger partial charge in [-0.2, -0.15) is 0 Å². The fourth-order valence-electron chi connectivity index (χ4n) is 7.94. The van der Waals surface area contributed by atoms with E-state index >= 15 is 0 Å². The SMILES string of the molecule is C=C(C)[C@]12C[C@@H](C)C34O[C@](c5ccccc5)(OC1C3[C@H](O)[C@@](O)(CO)[C@@H](O)[C@@]1(O)C4C=C(C)[C@@H]1O)O2. The van der Waals surface area contributed by atoms with E-state index in [-0.39, 0.29) is 0 Å². The van der Waals surface area contributed by atoms with Crippen LogP contribution >= 0.6 is 0 Å². The highest BCUT2D eigenvalue weighted by molar-refractivity contribution is 5.40. The van der Waals surface area contributed by atoms with Gasteiger partial charge in [-0.3, -0.25) is 0 Å². The van der Waals surface area contributed by atoms with Crippen molar-refractivity contribution in [2.75, 3.05) is 6.61 Å². The Bertz CT molecular complexity index is 1140. The Kier molecular flexibility index (Phi) is 4.97. The monoisotopic (exact) mass is 502 g/mol. The molecule has 1 aromatic carbocycles. The lowest BCUT2D eigenvalue weighted by Crippen LogP contribution is -2.73. The molecule has 0 spiro atoms. The number of ether oxygens (including phenoxy) is 3. The summed E-state index contributed by atoms with van der Waals surface area (Å²) in [6.45, 7) is 8.42. The van der Waals surface area contributed by atoms with Gasteiger partial charge in [-0.1, -0.05) is 49.9 Å². The Morgan fingerprint density at radius 1 is 1.11 bits per heavy atom. The third-order valence-electron chi connectivity index (χ3n) is 9.75. The van der Waals surface area contributed by atoms with Gasteiger partial charge < -0.3 is 44.8 Å². The number of hydrogen-bond donors (Lipinski definition) is 6. The molecule has 4 fully saturated rings. The van der Waals surface area contributed by atoms with Crippen LogP contribution in [0.5, 0.6) is 0 Å².